The molecule has 0 saturated carbocycles. The second-order valence-corrected chi connectivity index (χ2v) is 6.78. The molecule has 2 N–H and O–H groups in total. The van der Waals surface area contributed by atoms with Crippen molar-refractivity contribution in [2.45, 2.75) is 18.9 Å². The Morgan fingerprint density at radius 3 is 2.85 bits per heavy atom. The molecule has 1 aliphatic heterocycles. The summed E-state index contributed by atoms with van der Waals surface area (Å²) in [5.74, 6) is 0.559. The SMILES string of the molecule is O=C(Nc1ccc(OCC2CCCO2)cc1)c1cc2ccc(Cl)cc2[nH]1. The first-order valence-corrected chi connectivity index (χ1v) is 8.99. The summed E-state index contributed by atoms with van der Waals surface area (Å²) in [4.78, 5) is 15.5. The first-order valence-electron chi connectivity index (χ1n) is 8.61. The number of ether oxygens (including phenoxy) is 2. The zero-order chi connectivity index (χ0) is 17.9. The summed E-state index contributed by atoms with van der Waals surface area (Å²) in [6.45, 7) is 1.38. The Hall–Kier alpha value is -2.50. The van der Waals surface area contributed by atoms with E-state index in [4.69, 9.17) is 21.1 Å². The van der Waals surface area contributed by atoms with Crippen LogP contribution in [0.2, 0.25) is 5.02 Å². The Balaban J connectivity index is 1.38. The van der Waals surface area contributed by atoms with Gasteiger partial charge in [-0.1, -0.05) is 17.7 Å². The molecule has 1 fully saturated rings. The van der Waals surface area contributed by atoms with Crippen LogP contribution in [0.25, 0.3) is 10.9 Å². The van der Waals surface area contributed by atoms with Gasteiger partial charge in [-0.3, -0.25) is 4.79 Å². The smallest absolute Gasteiger partial charge is 0.272 e. The highest BCUT2D eigenvalue weighted by atomic mass is 35.5. The average Bonchev–Trinajstić information content (AvgIpc) is 3.30. The van der Waals surface area contributed by atoms with E-state index in [0.717, 1.165) is 36.1 Å². The molecule has 2 heterocycles. The van der Waals surface area contributed by atoms with Crippen LogP contribution in [-0.4, -0.2) is 30.2 Å². The second-order valence-electron chi connectivity index (χ2n) is 6.34. The summed E-state index contributed by atoms with van der Waals surface area (Å²) in [6, 6.07) is 14.6. The van der Waals surface area contributed by atoms with Crippen LogP contribution in [0.5, 0.6) is 5.75 Å². The summed E-state index contributed by atoms with van der Waals surface area (Å²) in [6.07, 6.45) is 2.33. The number of anilines is 1. The predicted octanol–water partition coefficient (Wildman–Crippen LogP) is 4.63. The summed E-state index contributed by atoms with van der Waals surface area (Å²) in [5.41, 5.74) is 2.03. The number of aromatic nitrogens is 1. The number of aromatic amines is 1. The Kier molecular flexibility index (Phi) is 4.82. The quantitative estimate of drug-likeness (QED) is 0.688. The van der Waals surface area contributed by atoms with Gasteiger partial charge in [0.15, 0.2) is 0 Å². The number of amides is 1. The molecule has 3 aromatic rings. The maximum Gasteiger partial charge on any atom is 0.272 e. The van der Waals surface area contributed by atoms with Gasteiger partial charge in [-0.05, 0) is 55.3 Å². The van der Waals surface area contributed by atoms with Crippen molar-refractivity contribution in [3.8, 4) is 5.75 Å². The van der Waals surface area contributed by atoms with Crippen LogP contribution in [0.4, 0.5) is 5.69 Å². The van der Waals surface area contributed by atoms with E-state index in [0.29, 0.717) is 23.0 Å². The standard InChI is InChI=1S/C20H19ClN2O3/c21-14-4-3-13-10-19(23-18(13)11-14)20(24)22-15-5-7-16(8-6-15)26-12-17-2-1-9-25-17/h3-8,10-11,17,23H,1-2,9,12H2,(H,22,24). The van der Waals surface area contributed by atoms with Crippen molar-refractivity contribution in [3.05, 3.63) is 59.2 Å². The minimum absolute atomic E-state index is 0.185. The molecule has 2 aromatic carbocycles. The molecule has 1 unspecified atom stereocenters. The van der Waals surface area contributed by atoms with Crippen molar-refractivity contribution in [1.82, 2.24) is 4.98 Å². The van der Waals surface area contributed by atoms with E-state index in [1.807, 2.05) is 30.3 Å². The van der Waals surface area contributed by atoms with Gasteiger partial charge in [0, 0.05) is 28.2 Å². The van der Waals surface area contributed by atoms with Crippen molar-refractivity contribution in [1.29, 1.82) is 0 Å². The number of halogens is 1. The predicted molar refractivity (Wildman–Crippen MR) is 102 cm³/mol. The zero-order valence-corrected chi connectivity index (χ0v) is 14.9. The van der Waals surface area contributed by atoms with Gasteiger partial charge in [0.1, 0.15) is 18.1 Å². The fourth-order valence-corrected chi connectivity index (χ4v) is 3.19. The second kappa shape index (κ2) is 7.40. The van der Waals surface area contributed by atoms with Crippen molar-refractivity contribution in [2.75, 3.05) is 18.5 Å². The Morgan fingerprint density at radius 2 is 2.08 bits per heavy atom. The maximum absolute atomic E-state index is 12.4. The molecule has 0 spiro atoms. The van der Waals surface area contributed by atoms with E-state index in [9.17, 15) is 4.79 Å². The van der Waals surface area contributed by atoms with Crippen LogP contribution < -0.4 is 10.1 Å². The Labute approximate surface area is 156 Å². The number of rotatable bonds is 5. The largest absolute Gasteiger partial charge is 0.491 e. The highest BCUT2D eigenvalue weighted by Gasteiger charge is 2.16. The van der Waals surface area contributed by atoms with Gasteiger partial charge in [0.25, 0.3) is 5.91 Å². The first-order chi connectivity index (χ1) is 12.7. The molecular weight excluding hydrogens is 352 g/mol. The van der Waals surface area contributed by atoms with Crippen molar-refractivity contribution < 1.29 is 14.3 Å². The van der Waals surface area contributed by atoms with Gasteiger partial charge in [-0.2, -0.15) is 0 Å². The molecule has 1 atom stereocenters. The third-order valence-electron chi connectivity index (χ3n) is 4.40. The van der Waals surface area contributed by atoms with E-state index >= 15 is 0 Å². The third kappa shape index (κ3) is 3.84. The lowest BCUT2D eigenvalue weighted by atomic mass is 10.2. The number of carbonyl (C=O) groups excluding carboxylic acids is 1. The third-order valence-corrected chi connectivity index (χ3v) is 4.64. The van der Waals surface area contributed by atoms with Gasteiger partial charge < -0.3 is 19.8 Å². The minimum Gasteiger partial charge on any atom is -0.491 e. The number of nitrogens with one attached hydrogen (secondary N) is 2. The lowest BCUT2D eigenvalue weighted by Crippen LogP contribution is -2.16. The summed E-state index contributed by atoms with van der Waals surface area (Å²) in [5, 5.41) is 4.45. The molecule has 6 heteroatoms. The van der Waals surface area contributed by atoms with Crippen LogP contribution in [0, 0.1) is 0 Å². The van der Waals surface area contributed by atoms with Crippen LogP contribution in [0.15, 0.2) is 48.5 Å². The lowest BCUT2D eigenvalue weighted by Gasteiger charge is -2.12. The van der Waals surface area contributed by atoms with E-state index in [1.54, 1.807) is 18.2 Å². The van der Waals surface area contributed by atoms with Crippen LogP contribution >= 0.6 is 11.6 Å². The van der Waals surface area contributed by atoms with E-state index in [-0.39, 0.29) is 12.0 Å². The molecule has 134 valence electrons. The van der Waals surface area contributed by atoms with E-state index in [2.05, 4.69) is 10.3 Å². The molecule has 0 radical (unpaired) electrons. The molecule has 0 aliphatic carbocycles. The zero-order valence-electron chi connectivity index (χ0n) is 14.1. The molecule has 26 heavy (non-hydrogen) atoms. The van der Waals surface area contributed by atoms with Crippen molar-refractivity contribution in [2.24, 2.45) is 0 Å². The average molecular weight is 371 g/mol. The van der Waals surface area contributed by atoms with Gasteiger partial charge in [0.2, 0.25) is 0 Å². The summed E-state index contributed by atoms with van der Waals surface area (Å²) >= 11 is 5.98. The first kappa shape index (κ1) is 16.9. The normalized spacial score (nSPS) is 16.7. The molecule has 5 nitrogen and oxygen atoms in total. The van der Waals surface area contributed by atoms with Crippen LogP contribution in [0.3, 0.4) is 0 Å². The number of H-pyrrole nitrogens is 1. The fraction of sp³-hybridized carbons (Fsp3) is 0.250. The van der Waals surface area contributed by atoms with Gasteiger partial charge in [-0.15, -0.1) is 0 Å². The number of carbonyl (C=O) groups is 1. The molecule has 1 amide bonds. The molecule has 1 saturated heterocycles. The minimum atomic E-state index is -0.203. The van der Waals surface area contributed by atoms with Gasteiger partial charge >= 0.3 is 0 Å². The van der Waals surface area contributed by atoms with Gasteiger partial charge in [-0.25, -0.2) is 0 Å². The maximum atomic E-state index is 12.4. The molecule has 4 rings (SSSR count). The van der Waals surface area contributed by atoms with E-state index in [1.165, 1.54) is 0 Å². The highest BCUT2D eigenvalue weighted by Crippen LogP contribution is 2.22. The van der Waals surface area contributed by atoms with E-state index < -0.39 is 0 Å². The molecular formula is C20H19ClN2O3. The number of fused-ring (bicyclic) bond motifs is 1. The van der Waals surface area contributed by atoms with Crippen LogP contribution in [-0.2, 0) is 4.74 Å². The summed E-state index contributed by atoms with van der Waals surface area (Å²) in [7, 11) is 0. The number of hydrogen-bond donors (Lipinski definition) is 2. The molecule has 1 aliphatic rings. The molecule has 1 aromatic heterocycles. The number of benzene rings is 2. The topological polar surface area (TPSA) is 63.4 Å². The monoisotopic (exact) mass is 370 g/mol. The van der Waals surface area contributed by atoms with Crippen molar-refractivity contribution >= 4 is 34.1 Å². The molecule has 0 bridgehead atoms. The van der Waals surface area contributed by atoms with Crippen LogP contribution in [0.1, 0.15) is 23.3 Å². The fourth-order valence-electron chi connectivity index (χ4n) is 3.02. The Morgan fingerprint density at radius 1 is 1.23 bits per heavy atom. The summed E-state index contributed by atoms with van der Waals surface area (Å²) < 4.78 is 11.3. The number of hydrogen-bond acceptors (Lipinski definition) is 3. The van der Waals surface area contributed by atoms with Crippen molar-refractivity contribution in [3.63, 3.8) is 0 Å². The van der Waals surface area contributed by atoms with Gasteiger partial charge in [0.05, 0.1) is 6.10 Å². The Bertz CT molecular complexity index is 914. The lowest BCUT2D eigenvalue weighted by molar-refractivity contribution is 0.0679. The highest BCUT2D eigenvalue weighted by molar-refractivity contribution is 6.31.